The Morgan fingerprint density at radius 2 is 1.97 bits per heavy atom. The maximum absolute atomic E-state index is 13.1. The third kappa shape index (κ3) is 3.48. The zero-order valence-electron chi connectivity index (χ0n) is 17.6. The monoisotopic (exact) mass is 432 g/mol. The number of pyridine rings is 2. The molecule has 0 aromatic carbocycles. The number of fused-ring (bicyclic) bond motifs is 2. The molecule has 0 aliphatic heterocycles. The van der Waals surface area contributed by atoms with E-state index in [4.69, 9.17) is 9.26 Å². The van der Waals surface area contributed by atoms with Gasteiger partial charge in [-0.25, -0.2) is 14.8 Å². The molecule has 0 amide bonds. The lowest BCUT2D eigenvalue weighted by molar-refractivity contribution is 0.0470. The SMILES string of the molecule is Cc1ccc2nc(COC(=O)c3cc(-c4cc(C)sc4C)nc4onc(C)c34)cn2c1. The molecule has 5 aromatic heterocycles. The number of carbonyl (C=O) groups is 1. The molecule has 5 aromatic rings. The summed E-state index contributed by atoms with van der Waals surface area (Å²) in [6.07, 6.45) is 3.85. The number of hydrogen-bond acceptors (Lipinski definition) is 7. The predicted octanol–water partition coefficient (Wildman–Crippen LogP) is 5.19. The Kier molecular flexibility index (Phi) is 4.59. The summed E-state index contributed by atoms with van der Waals surface area (Å²) in [6, 6.07) is 7.75. The first-order chi connectivity index (χ1) is 14.9. The van der Waals surface area contributed by atoms with E-state index in [0.717, 1.165) is 21.7 Å². The molecule has 0 fully saturated rings. The van der Waals surface area contributed by atoms with E-state index < -0.39 is 5.97 Å². The van der Waals surface area contributed by atoms with Crippen LogP contribution in [0.1, 0.15) is 37.1 Å². The lowest BCUT2D eigenvalue weighted by Gasteiger charge is -2.07. The normalized spacial score (nSPS) is 11.5. The number of aromatic nitrogens is 4. The minimum Gasteiger partial charge on any atom is -0.455 e. The van der Waals surface area contributed by atoms with Gasteiger partial charge in [0.05, 0.1) is 28.0 Å². The fraction of sp³-hybridized carbons (Fsp3) is 0.217. The summed E-state index contributed by atoms with van der Waals surface area (Å²) in [4.78, 5) is 24.5. The van der Waals surface area contributed by atoms with Crippen LogP contribution in [-0.2, 0) is 11.3 Å². The van der Waals surface area contributed by atoms with Crippen molar-refractivity contribution in [2.24, 2.45) is 0 Å². The van der Waals surface area contributed by atoms with Crippen LogP contribution in [-0.4, -0.2) is 25.5 Å². The standard InChI is InChI=1S/C23H20N4O3S/c1-12-5-6-20-24-16(10-27(20)9-12)11-29-23(28)18-8-19(17-7-13(2)31-15(17)4)25-22-21(18)14(3)26-30-22/h5-10H,11H2,1-4H3. The molecule has 0 aliphatic rings. The largest absolute Gasteiger partial charge is 0.455 e. The molecule has 0 saturated carbocycles. The highest BCUT2D eigenvalue weighted by molar-refractivity contribution is 7.12. The molecule has 5 rings (SSSR count). The van der Waals surface area contributed by atoms with Crippen LogP contribution in [0.5, 0.6) is 0 Å². The van der Waals surface area contributed by atoms with Crippen molar-refractivity contribution in [3.05, 3.63) is 68.9 Å². The van der Waals surface area contributed by atoms with Crippen molar-refractivity contribution >= 4 is 34.1 Å². The number of carbonyl (C=O) groups excluding carboxylic acids is 1. The summed E-state index contributed by atoms with van der Waals surface area (Å²) in [6.45, 7) is 7.95. The van der Waals surface area contributed by atoms with E-state index in [9.17, 15) is 4.79 Å². The Morgan fingerprint density at radius 1 is 1.13 bits per heavy atom. The minimum atomic E-state index is -0.460. The second kappa shape index (κ2) is 7.31. The average Bonchev–Trinajstić information content (AvgIpc) is 3.41. The molecule has 5 heterocycles. The van der Waals surface area contributed by atoms with Gasteiger partial charge in [-0.3, -0.25) is 0 Å². The molecular weight excluding hydrogens is 412 g/mol. The Hall–Kier alpha value is -3.52. The first-order valence-electron chi connectivity index (χ1n) is 9.85. The van der Waals surface area contributed by atoms with Crippen LogP contribution in [0.15, 0.2) is 41.2 Å². The van der Waals surface area contributed by atoms with Crippen LogP contribution in [0.2, 0.25) is 0 Å². The van der Waals surface area contributed by atoms with Crippen molar-refractivity contribution < 1.29 is 14.1 Å². The van der Waals surface area contributed by atoms with Gasteiger partial charge in [0.2, 0.25) is 0 Å². The van der Waals surface area contributed by atoms with Gasteiger partial charge in [0.15, 0.2) is 0 Å². The summed E-state index contributed by atoms with van der Waals surface area (Å²) in [7, 11) is 0. The second-order valence-corrected chi connectivity index (χ2v) is 9.07. The molecule has 0 saturated heterocycles. The fourth-order valence-corrected chi connectivity index (χ4v) is 4.65. The number of aryl methyl sites for hydroxylation is 4. The fourth-order valence-electron chi connectivity index (χ4n) is 3.72. The highest BCUT2D eigenvalue weighted by Gasteiger charge is 2.22. The molecule has 8 heteroatoms. The Balaban J connectivity index is 1.49. The molecule has 156 valence electrons. The molecule has 31 heavy (non-hydrogen) atoms. The number of esters is 1. The molecular formula is C23H20N4O3S. The number of ether oxygens (including phenoxy) is 1. The van der Waals surface area contributed by atoms with Gasteiger partial charge in [-0.1, -0.05) is 11.2 Å². The quantitative estimate of drug-likeness (QED) is 0.364. The van der Waals surface area contributed by atoms with Gasteiger partial charge in [-0.05, 0) is 51.5 Å². The number of rotatable bonds is 4. The average molecular weight is 433 g/mol. The Morgan fingerprint density at radius 3 is 2.74 bits per heavy atom. The van der Waals surface area contributed by atoms with Gasteiger partial charge in [-0.15, -0.1) is 11.3 Å². The van der Waals surface area contributed by atoms with Crippen LogP contribution in [0.3, 0.4) is 0 Å². The number of thiophene rings is 1. The van der Waals surface area contributed by atoms with E-state index in [2.05, 4.69) is 21.2 Å². The van der Waals surface area contributed by atoms with Crippen molar-refractivity contribution in [3.63, 3.8) is 0 Å². The first-order valence-corrected chi connectivity index (χ1v) is 10.7. The third-order valence-electron chi connectivity index (χ3n) is 5.15. The maximum atomic E-state index is 13.1. The van der Waals surface area contributed by atoms with Crippen molar-refractivity contribution in [2.75, 3.05) is 0 Å². The molecule has 0 bridgehead atoms. The van der Waals surface area contributed by atoms with Crippen molar-refractivity contribution in [2.45, 2.75) is 34.3 Å². The molecule has 7 nitrogen and oxygen atoms in total. The Bertz CT molecular complexity index is 1460. The maximum Gasteiger partial charge on any atom is 0.339 e. The van der Waals surface area contributed by atoms with E-state index in [1.165, 1.54) is 4.88 Å². The smallest absolute Gasteiger partial charge is 0.339 e. The molecule has 0 spiro atoms. The number of imidazole rings is 1. The summed E-state index contributed by atoms with van der Waals surface area (Å²) in [5.74, 6) is -0.460. The molecule has 0 unspecified atom stereocenters. The summed E-state index contributed by atoms with van der Waals surface area (Å²) < 4.78 is 12.9. The van der Waals surface area contributed by atoms with Crippen LogP contribution in [0.25, 0.3) is 28.0 Å². The van der Waals surface area contributed by atoms with Crippen molar-refractivity contribution in [1.82, 2.24) is 19.5 Å². The zero-order chi connectivity index (χ0) is 21.7. The number of nitrogens with zero attached hydrogens (tertiary/aromatic N) is 4. The van der Waals surface area contributed by atoms with Crippen LogP contribution in [0.4, 0.5) is 0 Å². The summed E-state index contributed by atoms with van der Waals surface area (Å²) in [5, 5.41) is 4.57. The van der Waals surface area contributed by atoms with E-state index >= 15 is 0 Å². The van der Waals surface area contributed by atoms with E-state index in [-0.39, 0.29) is 6.61 Å². The Labute approximate surface area is 182 Å². The predicted molar refractivity (Wildman–Crippen MR) is 118 cm³/mol. The molecule has 0 radical (unpaired) electrons. The third-order valence-corrected chi connectivity index (χ3v) is 6.12. The highest BCUT2D eigenvalue weighted by Crippen LogP contribution is 2.33. The highest BCUT2D eigenvalue weighted by atomic mass is 32.1. The minimum absolute atomic E-state index is 0.0691. The van der Waals surface area contributed by atoms with E-state index in [1.807, 2.05) is 49.7 Å². The summed E-state index contributed by atoms with van der Waals surface area (Å²) >= 11 is 1.69. The van der Waals surface area contributed by atoms with Crippen molar-refractivity contribution in [1.29, 1.82) is 0 Å². The molecule has 0 atom stereocenters. The zero-order valence-corrected chi connectivity index (χ0v) is 18.4. The van der Waals surface area contributed by atoms with Crippen LogP contribution >= 0.6 is 11.3 Å². The lowest BCUT2D eigenvalue weighted by atomic mass is 10.1. The topological polar surface area (TPSA) is 82.5 Å². The molecule has 0 aliphatic carbocycles. The van der Waals surface area contributed by atoms with Gasteiger partial charge >= 0.3 is 5.97 Å². The van der Waals surface area contributed by atoms with Crippen LogP contribution < -0.4 is 0 Å². The lowest BCUT2D eigenvalue weighted by Crippen LogP contribution is -2.07. The van der Waals surface area contributed by atoms with Crippen molar-refractivity contribution in [3.8, 4) is 11.3 Å². The van der Waals surface area contributed by atoms with Gasteiger partial charge < -0.3 is 13.7 Å². The van der Waals surface area contributed by atoms with E-state index in [0.29, 0.717) is 33.7 Å². The van der Waals surface area contributed by atoms with Crippen LogP contribution in [0, 0.1) is 27.7 Å². The van der Waals surface area contributed by atoms with Gasteiger partial charge in [0.1, 0.15) is 12.3 Å². The van der Waals surface area contributed by atoms with Gasteiger partial charge in [0.25, 0.3) is 5.71 Å². The molecule has 0 N–H and O–H groups in total. The number of hydrogen-bond donors (Lipinski definition) is 0. The van der Waals surface area contributed by atoms with E-state index in [1.54, 1.807) is 24.3 Å². The van der Waals surface area contributed by atoms with Gasteiger partial charge in [0, 0.05) is 27.7 Å². The second-order valence-electron chi connectivity index (χ2n) is 7.61. The van der Waals surface area contributed by atoms with Gasteiger partial charge in [-0.2, -0.15) is 0 Å². The first kappa shape index (κ1) is 19.4. The summed E-state index contributed by atoms with van der Waals surface area (Å²) in [5.41, 5.74) is 5.57.